The predicted octanol–water partition coefficient (Wildman–Crippen LogP) is 3.24. The van der Waals surface area contributed by atoms with Gasteiger partial charge in [-0.2, -0.15) is 0 Å². The third kappa shape index (κ3) is 2.68. The molecule has 2 aromatic rings. The maximum absolute atomic E-state index is 13.0. The van der Waals surface area contributed by atoms with Crippen molar-refractivity contribution in [1.82, 2.24) is 4.98 Å². The molecule has 5 nitrogen and oxygen atoms in total. The van der Waals surface area contributed by atoms with Crippen LogP contribution in [-0.2, 0) is 16.1 Å². The van der Waals surface area contributed by atoms with Crippen molar-refractivity contribution < 1.29 is 9.53 Å². The van der Waals surface area contributed by atoms with E-state index in [1.807, 2.05) is 41.3 Å². The Morgan fingerprint density at radius 2 is 2.13 bits per heavy atom. The third-order valence-corrected chi connectivity index (χ3v) is 4.39. The molecule has 2 aliphatic heterocycles. The Labute approximate surface area is 135 Å². The van der Waals surface area contributed by atoms with Gasteiger partial charge in [-0.3, -0.25) is 4.79 Å². The predicted molar refractivity (Wildman–Crippen MR) is 88.7 cm³/mol. The average Bonchev–Trinajstić information content (AvgIpc) is 2.78. The lowest BCUT2D eigenvalue weighted by Crippen LogP contribution is -2.41. The highest BCUT2D eigenvalue weighted by molar-refractivity contribution is 6.00. The normalized spacial score (nSPS) is 20.0. The van der Waals surface area contributed by atoms with Crippen LogP contribution in [0.25, 0.3) is 0 Å². The van der Waals surface area contributed by atoms with E-state index in [0.29, 0.717) is 13.2 Å². The minimum Gasteiger partial charge on any atom is -0.368 e. The van der Waals surface area contributed by atoms with Gasteiger partial charge in [0.1, 0.15) is 11.9 Å². The molecule has 5 heteroatoms. The van der Waals surface area contributed by atoms with Crippen LogP contribution < -0.4 is 10.2 Å². The number of anilines is 3. The van der Waals surface area contributed by atoms with Crippen molar-refractivity contribution in [2.75, 3.05) is 16.8 Å². The van der Waals surface area contributed by atoms with E-state index in [4.69, 9.17) is 4.74 Å². The van der Waals surface area contributed by atoms with Gasteiger partial charge in [0.2, 0.25) is 0 Å². The quantitative estimate of drug-likeness (QED) is 0.878. The zero-order chi connectivity index (χ0) is 15.6. The summed E-state index contributed by atoms with van der Waals surface area (Å²) in [7, 11) is 0. The minimum atomic E-state index is -0.338. The second kappa shape index (κ2) is 6.01. The number of hydrogen-bond acceptors (Lipinski definition) is 4. The number of pyridine rings is 1. The number of nitrogens with zero attached hydrogens (tertiary/aromatic N) is 2. The highest BCUT2D eigenvalue weighted by Crippen LogP contribution is 2.35. The molecule has 118 valence electrons. The van der Waals surface area contributed by atoms with Crippen molar-refractivity contribution in [3.63, 3.8) is 0 Å². The second-order valence-electron chi connectivity index (χ2n) is 5.93. The highest BCUT2D eigenvalue weighted by atomic mass is 16.5. The maximum Gasteiger partial charge on any atom is 0.256 e. The fourth-order valence-electron chi connectivity index (χ4n) is 3.18. The molecular formula is C18H19N3O2. The Balaban J connectivity index is 1.74. The Morgan fingerprint density at radius 1 is 1.22 bits per heavy atom. The Kier molecular flexibility index (Phi) is 3.71. The molecular weight excluding hydrogens is 290 g/mol. The molecule has 0 spiro atoms. The van der Waals surface area contributed by atoms with Crippen molar-refractivity contribution >= 4 is 23.1 Å². The van der Waals surface area contributed by atoms with Crippen LogP contribution in [0.3, 0.4) is 0 Å². The first-order valence-electron chi connectivity index (χ1n) is 8.06. The highest BCUT2D eigenvalue weighted by Gasteiger charge is 2.31. The number of nitrogens with one attached hydrogen (secondary N) is 1. The molecule has 1 aromatic carbocycles. The number of amides is 1. The summed E-state index contributed by atoms with van der Waals surface area (Å²) in [5, 5.41) is 3.34. The number of carbonyl (C=O) groups is 1. The standard InChI is InChI=1S/C18H19N3O2/c22-18(16-9-3-4-11-23-16)21-12-13-6-5-10-19-17(13)20-14-7-1-2-8-15(14)21/h1-2,5-8,10,16H,3-4,9,11-12H2,(H,19,20). The second-order valence-corrected chi connectivity index (χ2v) is 5.93. The third-order valence-electron chi connectivity index (χ3n) is 4.39. The molecule has 1 N–H and O–H groups in total. The van der Waals surface area contributed by atoms with Gasteiger partial charge in [-0.1, -0.05) is 18.2 Å². The summed E-state index contributed by atoms with van der Waals surface area (Å²) in [4.78, 5) is 19.3. The number of aromatic nitrogens is 1. The van der Waals surface area contributed by atoms with Crippen molar-refractivity contribution in [1.29, 1.82) is 0 Å². The molecule has 1 aromatic heterocycles. The van der Waals surface area contributed by atoms with E-state index in [1.165, 1.54) is 0 Å². The zero-order valence-electron chi connectivity index (χ0n) is 12.9. The van der Waals surface area contributed by atoms with Gasteiger partial charge in [-0.25, -0.2) is 4.98 Å². The molecule has 1 unspecified atom stereocenters. The van der Waals surface area contributed by atoms with Crippen LogP contribution in [0, 0.1) is 0 Å². The summed E-state index contributed by atoms with van der Waals surface area (Å²) < 4.78 is 5.71. The van der Waals surface area contributed by atoms with E-state index in [1.54, 1.807) is 6.20 Å². The van der Waals surface area contributed by atoms with Crippen molar-refractivity contribution in [3.05, 3.63) is 48.2 Å². The van der Waals surface area contributed by atoms with Crippen LogP contribution in [0.5, 0.6) is 0 Å². The Hall–Kier alpha value is -2.40. The fourth-order valence-corrected chi connectivity index (χ4v) is 3.18. The molecule has 1 amide bonds. The molecule has 1 fully saturated rings. The molecule has 2 aliphatic rings. The zero-order valence-corrected chi connectivity index (χ0v) is 12.9. The lowest BCUT2D eigenvalue weighted by molar-refractivity contribution is -0.132. The van der Waals surface area contributed by atoms with Gasteiger partial charge in [0.05, 0.1) is 17.9 Å². The first-order chi connectivity index (χ1) is 11.3. The molecule has 0 bridgehead atoms. The van der Waals surface area contributed by atoms with Crippen LogP contribution in [0.1, 0.15) is 24.8 Å². The van der Waals surface area contributed by atoms with Crippen LogP contribution in [-0.4, -0.2) is 23.6 Å². The smallest absolute Gasteiger partial charge is 0.256 e. The summed E-state index contributed by atoms with van der Waals surface area (Å²) in [6.07, 6.45) is 4.30. The molecule has 4 rings (SSSR count). The number of rotatable bonds is 1. The summed E-state index contributed by atoms with van der Waals surface area (Å²) in [5.41, 5.74) is 2.78. The Bertz CT molecular complexity index is 726. The van der Waals surface area contributed by atoms with E-state index in [0.717, 1.165) is 42.0 Å². The van der Waals surface area contributed by atoms with Crippen molar-refractivity contribution in [2.24, 2.45) is 0 Å². The monoisotopic (exact) mass is 309 g/mol. The molecule has 3 heterocycles. The van der Waals surface area contributed by atoms with Crippen LogP contribution >= 0.6 is 0 Å². The molecule has 23 heavy (non-hydrogen) atoms. The number of para-hydroxylation sites is 2. The minimum absolute atomic E-state index is 0.0376. The lowest BCUT2D eigenvalue weighted by Gasteiger charge is -2.29. The van der Waals surface area contributed by atoms with Gasteiger partial charge < -0.3 is 15.0 Å². The number of ether oxygens (including phenoxy) is 1. The number of carbonyl (C=O) groups excluding carboxylic acids is 1. The number of hydrogen-bond donors (Lipinski definition) is 1. The topological polar surface area (TPSA) is 54.5 Å². The summed E-state index contributed by atoms with van der Waals surface area (Å²) >= 11 is 0. The number of fused-ring (bicyclic) bond motifs is 2. The van der Waals surface area contributed by atoms with Crippen molar-refractivity contribution in [2.45, 2.75) is 31.9 Å². The molecule has 0 aliphatic carbocycles. The maximum atomic E-state index is 13.0. The summed E-state index contributed by atoms with van der Waals surface area (Å²) in [5.74, 6) is 0.843. The van der Waals surface area contributed by atoms with Gasteiger partial charge in [0.15, 0.2) is 0 Å². The molecule has 1 atom stereocenters. The van der Waals surface area contributed by atoms with Gasteiger partial charge in [0, 0.05) is 18.4 Å². The van der Waals surface area contributed by atoms with Crippen molar-refractivity contribution in [3.8, 4) is 0 Å². The average molecular weight is 309 g/mol. The van der Waals surface area contributed by atoms with E-state index in [9.17, 15) is 4.79 Å². The van der Waals surface area contributed by atoms with E-state index >= 15 is 0 Å². The first-order valence-corrected chi connectivity index (χ1v) is 8.06. The summed E-state index contributed by atoms with van der Waals surface area (Å²) in [6.45, 7) is 1.17. The van der Waals surface area contributed by atoms with Gasteiger partial charge >= 0.3 is 0 Å². The van der Waals surface area contributed by atoms with E-state index in [-0.39, 0.29) is 12.0 Å². The van der Waals surface area contributed by atoms with Gasteiger partial charge in [-0.05, 0) is 37.5 Å². The van der Waals surface area contributed by atoms with Crippen LogP contribution in [0.4, 0.5) is 17.2 Å². The van der Waals surface area contributed by atoms with Gasteiger partial charge in [-0.15, -0.1) is 0 Å². The lowest BCUT2D eigenvalue weighted by atomic mass is 10.1. The van der Waals surface area contributed by atoms with Gasteiger partial charge in [0.25, 0.3) is 5.91 Å². The summed E-state index contributed by atoms with van der Waals surface area (Å²) in [6, 6.07) is 11.8. The molecule has 0 radical (unpaired) electrons. The SMILES string of the molecule is O=C(C1CCCCO1)N1Cc2cccnc2Nc2ccccc21. The van der Waals surface area contributed by atoms with Crippen LogP contribution in [0.15, 0.2) is 42.6 Å². The number of benzene rings is 1. The first kappa shape index (κ1) is 14.2. The Morgan fingerprint density at radius 3 is 3.00 bits per heavy atom. The largest absolute Gasteiger partial charge is 0.368 e. The van der Waals surface area contributed by atoms with E-state index < -0.39 is 0 Å². The fraction of sp³-hybridized carbons (Fsp3) is 0.333. The van der Waals surface area contributed by atoms with E-state index in [2.05, 4.69) is 10.3 Å². The molecule has 0 saturated carbocycles. The van der Waals surface area contributed by atoms with Crippen LogP contribution in [0.2, 0.25) is 0 Å². The molecule has 1 saturated heterocycles.